The molecular weight excluding hydrogens is 482 g/mol. The summed E-state index contributed by atoms with van der Waals surface area (Å²) in [5.41, 5.74) is 6.16. The summed E-state index contributed by atoms with van der Waals surface area (Å²) in [5, 5.41) is 13.7. The number of ketones is 1. The lowest BCUT2D eigenvalue weighted by molar-refractivity contribution is 0.0964. The highest BCUT2D eigenvalue weighted by Gasteiger charge is 2.19. The van der Waals surface area contributed by atoms with E-state index in [-0.39, 0.29) is 5.78 Å². The van der Waals surface area contributed by atoms with Gasteiger partial charge < -0.3 is 4.90 Å². The van der Waals surface area contributed by atoms with Crippen LogP contribution in [0, 0.1) is 6.92 Å². The first-order valence-corrected chi connectivity index (χ1v) is 13.5. The molecule has 0 saturated heterocycles. The van der Waals surface area contributed by atoms with Gasteiger partial charge in [-0.05, 0) is 63.0 Å². The van der Waals surface area contributed by atoms with Crippen LogP contribution in [-0.4, -0.2) is 59.6 Å². The first-order chi connectivity index (χ1) is 18.0. The summed E-state index contributed by atoms with van der Waals surface area (Å²) in [6, 6.07) is 10.1. The minimum Gasteiger partial charge on any atom is -0.301 e. The molecule has 37 heavy (non-hydrogen) atoms. The first-order valence-electron chi connectivity index (χ1n) is 12.7. The minimum atomic E-state index is 0.105. The van der Waals surface area contributed by atoms with Gasteiger partial charge in [0.2, 0.25) is 0 Å². The van der Waals surface area contributed by atoms with E-state index in [1.54, 1.807) is 28.2 Å². The molecule has 0 bridgehead atoms. The largest absolute Gasteiger partial charge is 0.301 e. The molecule has 0 fully saturated rings. The molecule has 5 aromatic rings. The average molecular weight is 514 g/mol. The van der Waals surface area contributed by atoms with Crippen molar-refractivity contribution in [1.82, 2.24) is 34.7 Å². The fraction of sp³-hybridized carbons (Fsp3) is 0.321. The Morgan fingerprint density at radius 3 is 2.54 bits per heavy atom. The van der Waals surface area contributed by atoms with Crippen molar-refractivity contribution < 1.29 is 4.79 Å². The fourth-order valence-corrected chi connectivity index (χ4v) is 5.40. The van der Waals surface area contributed by atoms with Gasteiger partial charge in [0.15, 0.2) is 11.4 Å². The number of hydrogen-bond acceptors (Lipinski definition) is 7. The van der Waals surface area contributed by atoms with E-state index in [9.17, 15) is 4.79 Å². The molecule has 0 aliphatic carbocycles. The van der Waals surface area contributed by atoms with Crippen LogP contribution in [-0.2, 0) is 0 Å². The SMILES string of the molecule is CCN(CC)[C@@H](C)CCC(=O)c1cc(-c2cn[nH]c2C)nc(-c2cnn3ccc(-c4cccs4)nc23)c1. The number of hydrogen-bond donors (Lipinski definition) is 1. The third-order valence-electron chi connectivity index (χ3n) is 6.90. The Morgan fingerprint density at radius 2 is 1.86 bits per heavy atom. The summed E-state index contributed by atoms with van der Waals surface area (Å²) in [4.78, 5) is 26.7. The van der Waals surface area contributed by atoms with E-state index in [0.29, 0.717) is 35.1 Å². The van der Waals surface area contributed by atoms with E-state index in [0.717, 1.165) is 46.9 Å². The summed E-state index contributed by atoms with van der Waals surface area (Å²) in [5.74, 6) is 0.105. The Balaban J connectivity index is 1.55. The van der Waals surface area contributed by atoms with Gasteiger partial charge in [-0.25, -0.2) is 14.5 Å². The molecule has 0 aromatic carbocycles. The quantitative estimate of drug-likeness (QED) is 0.233. The van der Waals surface area contributed by atoms with Crippen molar-refractivity contribution in [3.05, 3.63) is 65.6 Å². The number of thiophene rings is 1. The van der Waals surface area contributed by atoms with E-state index < -0.39 is 0 Å². The van der Waals surface area contributed by atoms with Gasteiger partial charge in [-0.1, -0.05) is 19.9 Å². The average Bonchev–Trinajstić information content (AvgIpc) is 3.68. The third-order valence-corrected chi connectivity index (χ3v) is 7.79. The number of aromatic nitrogens is 6. The number of rotatable bonds is 10. The molecule has 0 radical (unpaired) electrons. The predicted molar refractivity (Wildman–Crippen MR) is 148 cm³/mol. The van der Waals surface area contributed by atoms with Gasteiger partial charge >= 0.3 is 0 Å². The highest BCUT2D eigenvalue weighted by atomic mass is 32.1. The maximum atomic E-state index is 13.4. The van der Waals surface area contributed by atoms with E-state index in [1.807, 2.05) is 42.8 Å². The second-order valence-corrected chi connectivity index (χ2v) is 10.1. The van der Waals surface area contributed by atoms with Crippen molar-refractivity contribution in [2.24, 2.45) is 0 Å². The van der Waals surface area contributed by atoms with Crippen molar-refractivity contribution >= 4 is 22.8 Å². The number of aromatic amines is 1. The Morgan fingerprint density at radius 1 is 1.08 bits per heavy atom. The van der Waals surface area contributed by atoms with Crippen LogP contribution < -0.4 is 0 Å². The second kappa shape index (κ2) is 10.7. The van der Waals surface area contributed by atoms with Gasteiger partial charge in [-0.15, -0.1) is 11.3 Å². The van der Waals surface area contributed by atoms with Crippen molar-refractivity contribution in [3.8, 4) is 33.1 Å². The fourth-order valence-electron chi connectivity index (χ4n) is 4.70. The molecule has 8 nitrogen and oxygen atoms in total. The van der Waals surface area contributed by atoms with Crippen LogP contribution in [0.15, 0.2) is 54.3 Å². The number of carbonyl (C=O) groups is 1. The van der Waals surface area contributed by atoms with Crippen LogP contribution in [0.3, 0.4) is 0 Å². The zero-order valence-electron chi connectivity index (χ0n) is 21.6. The van der Waals surface area contributed by atoms with E-state index in [4.69, 9.17) is 9.97 Å². The summed E-state index contributed by atoms with van der Waals surface area (Å²) in [7, 11) is 0. The van der Waals surface area contributed by atoms with Crippen LogP contribution >= 0.6 is 11.3 Å². The molecule has 5 rings (SSSR count). The summed E-state index contributed by atoms with van der Waals surface area (Å²) in [6.07, 6.45) is 6.71. The third kappa shape index (κ3) is 5.10. The lowest BCUT2D eigenvalue weighted by Crippen LogP contribution is -2.33. The molecule has 5 heterocycles. The molecule has 1 N–H and O–H groups in total. The Hall–Kier alpha value is -3.69. The van der Waals surface area contributed by atoms with Gasteiger partial charge in [0.05, 0.1) is 39.9 Å². The Kier molecular flexibility index (Phi) is 7.25. The molecule has 0 saturated carbocycles. The molecule has 0 spiro atoms. The number of aryl methyl sites for hydroxylation is 1. The zero-order valence-corrected chi connectivity index (χ0v) is 22.4. The zero-order chi connectivity index (χ0) is 25.9. The molecule has 5 aromatic heterocycles. The standard InChI is InChI=1S/C28H31N7OS/c1-5-34(6-2)18(3)9-10-26(36)20-14-24(21-16-29-33-19(21)4)31-25(15-20)22-17-30-35-12-11-23(32-28(22)35)27-8-7-13-37-27/h7-8,11-18H,5-6,9-10H2,1-4H3,(H,29,33)/t18-/m0/s1. The van der Waals surface area contributed by atoms with Gasteiger partial charge in [-0.2, -0.15) is 10.2 Å². The van der Waals surface area contributed by atoms with E-state index in [2.05, 4.69) is 47.0 Å². The first kappa shape index (κ1) is 25.0. The number of fused-ring (bicyclic) bond motifs is 1. The Bertz CT molecular complexity index is 1510. The molecule has 9 heteroatoms. The molecule has 190 valence electrons. The van der Waals surface area contributed by atoms with Crippen molar-refractivity contribution in [3.63, 3.8) is 0 Å². The molecule has 0 amide bonds. The highest BCUT2D eigenvalue weighted by Crippen LogP contribution is 2.30. The number of nitrogens with zero attached hydrogens (tertiary/aromatic N) is 6. The molecular formula is C28H31N7OS. The van der Waals surface area contributed by atoms with Crippen LogP contribution in [0.2, 0.25) is 0 Å². The highest BCUT2D eigenvalue weighted by molar-refractivity contribution is 7.13. The number of carbonyl (C=O) groups excluding carboxylic acids is 1. The minimum absolute atomic E-state index is 0.105. The lowest BCUT2D eigenvalue weighted by atomic mass is 10.00. The molecule has 0 aliphatic rings. The van der Waals surface area contributed by atoms with E-state index in [1.165, 1.54) is 0 Å². The maximum absolute atomic E-state index is 13.4. The van der Waals surface area contributed by atoms with Gasteiger partial charge in [-0.3, -0.25) is 9.89 Å². The van der Waals surface area contributed by atoms with Crippen LogP contribution in [0.5, 0.6) is 0 Å². The lowest BCUT2D eigenvalue weighted by Gasteiger charge is -2.26. The molecule has 0 aliphatic heterocycles. The summed E-state index contributed by atoms with van der Waals surface area (Å²) < 4.78 is 1.75. The van der Waals surface area contributed by atoms with Crippen LogP contribution in [0.1, 0.15) is 49.7 Å². The molecule has 1 atom stereocenters. The summed E-state index contributed by atoms with van der Waals surface area (Å²) >= 11 is 1.64. The van der Waals surface area contributed by atoms with Crippen molar-refractivity contribution in [2.75, 3.05) is 13.1 Å². The normalized spacial score (nSPS) is 12.5. The predicted octanol–water partition coefficient (Wildman–Crippen LogP) is 5.91. The van der Waals surface area contributed by atoms with E-state index >= 15 is 0 Å². The number of nitrogens with one attached hydrogen (secondary N) is 1. The number of H-pyrrole nitrogens is 1. The maximum Gasteiger partial charge on any atom is 0.165 e. The monoisotopic (exact) mass is 513 g/mol. The number of pyridine rings is 1. The van der Waals surface area contributed by atoms with Crippen LogP contribution in [0.25, 0.3) is 38.7 Å². The second-order valence-electron chi connectivity index (χ2n) is 9.18. The van der Waals surface area contributed by atoms with Crippen LogP contribution in [0.4, 0.5) is 0 Å². The van der Waals surface area contributed by atoms with Crippen molar-refractivity contribution in [2.45, 2.75) is 46.6 Å². The van der Waals surface area contributed by atoms with Gasteiger partial charge in [0.1, 0.15) is 0 Å². The van der Waals surface area contributed by atoms with Gasteiger partial charge in [0.25, 0.3) is 0 Å². The summed E-state index contributed by atoms with van der Waals surface area (Å²) in [6.45, 7) is 10.4. The Labute approximate surface area is 220 Å². The van der Waals surface area contributed by atoms with Crippen molar-refractivity contribution in [1.29, 1.82) is 0 Å². The topological polar surface area (TPSA) is 92.1 Å². The smallest absolute Gasteiger partial charge is 0.165 e. The number of Topliss-reactive ketones (excluding diaryl/α,β-unsaturated/α-hetero) is 1. The molecule has 0 unspecified atom stereocenters. The van der Waals surface area contributed by atoms with Gasteiger partial charge in [0, 0.05) is 35.5 Å².